The zero-order valence-corrected chi connectivity index (χ0v) is 17.6. The lowest BCUT2D eigenvalue weighted by atomic mass is 10.1. The Morgan fingerprint density at radius 2 is 1.74 bits per heavy atom. The lowest BCUT2D eigenvalue weighted by Crippen LogP contribution is -2.13. The normalized spacial score (nSPS) is 10.5. The van der Waals surface area contributed by atoms with Crippen LogP contribution in [0, 0.1) is 0 Å². The number of anilines is 3. The molecule has 1 heterocycles. The van der Waals surface area contributed by atoms with Gasteiger partial charge in [0, 0.05) is 17.0 Å². The van der Waals surface area contributed by atoms with Crippen molar-refractivity contribution in [2.45, 2.75) is 10.9 Å². The van der Waals surface area contributed by atoms with E-state index in [0.29, 0.717) is 11.3 Å². The van der Waals surface area contributed by atoms with Crippen molar-refractivity contribution in [3.8, 4) is 5.75 Å². The van der Waals surface area contributed by atoms with E-state index in [1.807, 2.05) is 72.8 Å². The smallest absolute Gasteiger partial charge is 0.255 e. The van der Waals surface area contributed by atoms with E-state index in [9.17, 15) is 4.79 Å². The number of thioether (sulfide) groups is 1. The average molecular weight is 432 g/mol. The standard InChI is InChI=1S/C23H21N5O2S/c1-30-19-12-10-18(11-13-19)26-20-4-2-3-5-21(20)27-22(29)17-8-6-16(7-9-17)14-31-23-24-15-25-28-23/h2-13,15,26H,14H2,1H3,(H,27,29)(H,24,25,28). The van der Waals surface area contributed by atoms with Crippen molar-refractivity contribution >= 4 is 34.7 Å². The summed E-state index contributed by atoms with van der Waals surface area (Å²) in [5.41, 5.74) is 4.10. The highest BCUT2D eigenvalue weighted by atomic mass is 32.2. The monoisotopic (exact) mass is 431 g/mol. The van der Waals surface area contributed by atoms with Crippen molar-refractivity contribution in [3.63, 3.8) is 0 Å². The Bertz CT molecular complexity index is 1130. The van der Waals surface area contributed by atoms with E-state index in [-0.39, 0.29) is 5.91 Å². The number of aromatic amines is 1. The third-order valence-corrected chi connectivity index (χ3v) is 5.48. The molecular weight excluding hydrogens is 410 g/mol. The van der Waals surface area contributed by atoms with Crippen LogP contribution < -0.4 is 15.4 Å². The minimum Gasteiger partial charge on any atom is -0.497 e. The molecule has 0 bridgehead atoms. The number of hydrogen-bond donors (Lipinski definition) is 3. The molecule has 0 radical (unpaired) electrons. The van der Waals surface area contributed by atoms with Gasteiger partial charge in [0.25, 0.3) is 5.91 Å². The number of amides is 1. The molecular formula is C23H21N5O2S. The fourth-order valence-corrected chi connectivity index (χ4v) is 3.63. The van der Waals surface area contributed by atoms with Crippen LogP contribution in [0.4, 0.5) is 17.1 Å². The summed E-state index contributed by atoms with van der Waals surface area (Å²) in [6.07, 6.45) is 1.48. The molecule has 0 aliphatic heterocycles. The quantitative estimate of drug-likeness (QED) is 0.336. The zero-order chi connectivity index (χ0) is 21.5. The van der Waals surface area contributed by atoms with Crippen LogP contribution in [0.1, 0.15) is 15.9 Å². The molecule has 3 aromatic carbocycles. The van der Waals surface area contributed by atoms with Gasteiger partial charge < -0.3 is 15.4 Å². The molecule has 8 heteroatoms. The van der Waals surface area contributed by atoms with Crippen LogP contribution in [0.2, 0.25) is 0 Å². The van der Waals surface area contributed by atoms with Crippen molar-refractivity contribution in [2.75, 3.05) is 17.7 Å². The fraction of sp³-hybridized carbons (Fsp3) is 0.0870. The summed E-state index contributed by atoms with van der Waals surface area (Å²) < 4.78 is 5.19. The number of nitrogens with one attached hydrogen (secondary N) is 3. The predicted molar refractivity (Wildman–Crippen MR) is 123 cm³/mol. The molecule has 0 saturated carbocycles. The number of aromatic nitrogens is 3. The van der Waals surface area contributed by atoms with Crippen LogP contribution in [0.5, 0.6) is 5.75 Å². The average Bonchev–Trinajstić information content (AvgIpc) is 3.33. The lowest BCUT2D eigenvalue weighted by molar-refractivity contribution is 0.102. The third kappa shape index (κ3) is 5.43. The number of rotatable bonds is 8. The van der Waals surface area contributed by atoms with Crippen molar-refractivity contribution in [1.29, 1.82) is 0 Å². The third-order valence-electron chi connectivity index (χ3n) is 4.53. The maximum absolute atomic E-state index is 12.8. The van der Waals surface area contributed by atoms with Gasteiger partial charge in [0.1, 0.15) is 12.1 Å². The molecule has 0 atom stereocenters. The SMILES string of the molecule is COc1ccc(Nc2ccccc2NC(=O)c2ccc(CSc3ncn[nH]3)cc2)cc1. The van der Waals surface area contributed by atoms with E-state index in [1.165, 1.54) is 6.33 Å². The van der Waals surface area contributed by atoms with Crippen LogP contribution in [-0.2, 0) is 5.75 Å². The molecule has 7 nitrogen and oxygen atoms in total. The Kier molecular flexibility index (Phi) is 6.49. The van der Waals surface area contributed by atoms with Gasteiger partial charge >= 0.3 is 0 Å². The van der Waals surface area contributed by atoms with E-state index in [4.69, 9.17) is 4.74 Å². The second kappa shape index (κ2) is 9.82. The number of H-pyrrole nitrogens is 1. The molecule has 31 heavy (non-hydrogen) atoms. The molecule has 0 saturated heterocycles. The molecule has 3 N–H and O–H groups in total. The highest BCUT2D eigenvalue weighted by Gasteiger charge is 2.10. The number of carbonyl (C=O) groups excluding carboxylic acids is 1. The van der Waals surface area contributed by atoms with Gasteiger partial charge in [-0.15, -0.1) is 0 Å². The predicted octanol–water partition coefficient (Wildman–Crippen LogP) is 5.10. The molecule has 0 aliphatic carbocycles. The molecule has 0 aliphatic rings. The molecule has 0 unspecified atom stereocenters. The second-order valence-corrected chi connectivity index (χ2v) is 7.59. The van der Waals surface area contributed by atoms with Gasteiger partial charge in [-0.25, -0.2) is 4.98 Å². The summed E-state index contributed by atoms with van der Waals surface area (Å²) in [5.74, 6) is 1.36. The minimum atomic E-state index is -0.168. The summed E-state index contributed by atoms with van der Waals surface area (Å²) in [7, 11) is 1.63. The number of nitrogens with zero attached hydrogens (tertiary/aromatic N) is 2. The Morgan fingerprint density at radius 1 is 1.00 bits per heavy atom. The van der Waals surface area contributed by atoms with Crippen LogP contribution >= 0.6 is 11.8 Å². The maximum atomic E-state index is 12.8. The molecule has 0 fully saturated rings. The molecule has 0 spiro atoms. The van der Waals surface area contributed by atoms with Gasteiger partial charge in [0.15, 0.2) is 5.16 Å². The highest BCUT2D eigenvalue weighted by molar-refractivity contribution is 7.98. The fourth-order valence-electron chi connectivity index (χ4n) is 2.89. The Morgan fingerprint density at radius 3 is 2.42 bits per heavy atom. The van der Waals surface area contributed by atoms with E-state index in [0.717, 1.165) is 33.6 Å². The Balaban J connectivity index is 1.41. The second-order valence-electron chi connectivity index (χ2n) is 6.63. The van der Waals surface area contributed by atoms with Crippen LogP contribution in [0.15, 0.2) is 84.3 Å². The Labute approximate surface area is 184 Å². The minimum absolute atomic E-state index is 0.168. The first-order valence-electron chi connectivity index (χ1n) is 9.60. The van der Waals surface area contributed by atoms with Gasteiger partial charge in [0.2, 0.25) is 0 Å². The summed E-state index contributed by atoms with van der Waals surface area (Å²) in [6, 6.07) is 22.7. The molecule has 1 amide bonds. The van der Waals surface area contributed by atoms with Crippen molar-refractivity contribution < 1.29 is 9.53 Å². The van der Waals surface area contributed by atoms with Gasteiger partial charge in [0.05, 0.1) is 18.5 Å². The van der Waals surface area contributed by atoms with Crippen LogP contribution in [0.25, 0.3) is 0 Å². The first-order valence-corrected chi connectivity index (χ1v) is 10.6. The van der Waals surface area contributed by atoms with Gasteiger partial charge in [-0.2, -0.15) is 5.10 Å². The van der Waals surface area contributed by atoms with Gasteiger partial charge in [-0.05, 0) is 54.1 Å². The maximum Gasteiger partial charge on any atom is 0.255 e. The molecule has 156 valence electrons. The summed E-state index contributed by atoms with van der Waals surface area (Å²) in [4.78, 5) is 16.9. The largest absolute Gasteiger partial charge is 0.497 e. The number of benzene rings is 3. The van der Waals surface area contributed by atoms with E-state index < -0.39 is 0 Å². The lowest BCUT2D eigenvalue weighted by Gasteiger charge is -2.13. The number of ether oxygens (including phenoxy) is 1. The summed E-state index contributed by atoms with van der Waals surface area (Å²) in [6.45, 7) is 0. The zero-order valence-electron chi connectivity index (χ0n) is 16.8. The van der Waals surface area contributed by atoms with E-state index >= 15 is 0 Å². The van der Waals surface area contributed by atoms with Crippen molar-refractivity contribution in [3.05, 3.63) is 90.3 Å². The summed E-state index contributed by atoms with van der Waals surface area (Å²) >= 11 is 1.56. The Hall–Kier alpha value is -3.78. The number of methoxy groups -OCH3 is 1. The molecule has 1 aromatic heterocycles. The first kappa shape index (κ1) is 20.5. The van der Waals surface area contributed by atoms with Gasteiger partial charge in [-0.1, -0.05) is 36.0 Å². The van der Waals surface area contributed by atoms with E-state index in [2.05, 4.69) is 25.8 Å². The number of hydrogen-bond acceptors (Lipinski definition) is 6. The molecule has 4 rings (SSSR count). The summed E-state index contributed by atoms with van der Waals surface area (Å²) in [5, 5.41) is 13.7. The molecule has 4 aromatic rings. The van der Waals surface area contributed by atoms with Crippen LogP contribution in [-0.4, -0.2) is 28.2 Å². The highest BCUT2D eigenvalue weighted by Crippen LogP contribution is 2.27. The van der Waals surface area contributed by atoms with Gasteiger partial charge in [-0.3, -0.25) is 9.89 Å². The van der Waals surface area contributed by atoms with Crippen molar-refractivity contribution in [2.24, 2.45) is 0 Å². The first-order chi connectivity index (χ1) is 15.2. The topological polar surface area (TPSA) is 91.9 Å². The number of carbonyl (C=O) groups is 1. The van der Waals surface area contributed by atoms with Crippen LogP contribution in [0.3, 0.4) is 0 Å². The van der Waals surface area contributed by atoms with E-state index in [1.54, 1.807) is 18.9 Å². The van der Waals surface area contributed by atoms with Crippen molar-refractivity contribution in [1.82, 2.24) is 15.2 Å². The number of para-hydroxylation sites is 2.